The second-order valence-electron chi connectivity index (χ2n) is 5.08. The van der Waals surface area contributed by atoms with Crippen LogP contribution in [0.4, 0.5) is 0 Å². The molecule has 2 rings (SSSR count). The summed E-state index contributed by atoms with van der Waals surface area (Å²) in [6.07, 6.45) is -3.52. The fourth-order valence-corrected chi connectivity index (χ4v) is 2.25. The van der Waals surface area contributed by atoms with E-state index in [-0.39, 0.29) is 12.5 Å². The van der Waals surface area contributed by atoms with E-state index in [2.05, 4.69) is 5.32 Å². The second-order valence-corrected chi connectivity index (χ2v) is 5.08. The van der Waals surface area contributed by atoms with E-state index >= 15 is 0 Å². The van der Waals surface area contributed by atoms with Crippen molar-refractivity contribution in [2.75, 3.05) is 6.61 Å². The van der Waals surface area contributed by atoms with Crippen LogP contribution in [-0.4, -0.2) is 59.2 Å². The van der Waals surface area contributed by atoms with E-state index in [9.17, 15) is 15.0 Å². The summed E-state index contributed by atoms with van der Waals surface area (Å²) in [5.74, 6) is -1.18. The third-order valence-corrected chi connectivity index (χ3v) is 3.08. The van der Waals surface area contributed by atoms with Crippen molar-refractivity contribution in [1.29, 1.82) is 0 Å². The SMILES string of the molecule is CC(=O)NC1C(O)OC2COC(C)(C)OC2C1O. The summed E-state index contributed by atoms with van der Waals surface area (Å²) >= 11 is 0. The third kappa shape index (κ3) is 2.65. The Hall–Kier alpha value is -0.730. The second kappa shape index (κ2) is 4.75. The Morgan fingerprint density at radius 3 is 2.67 bits per heavy atom. The highest BCUT2D eigenvalue weighted by atomic mass is 16.7. The summed E-state index contributed by atoms with van der Waals surface area (Å²) in [7, 11) is 0. The fraction of sp³-hybridized carbons (Fsp3) is 0.909. The molecule has 2 fully saturated rings. The van der Waals surface area contributed by atoms with E-state index in [1.165, 1.54) is 6.92 Å². The molecular weight excluding hydrogens is 242 g/mol. The molecule has 0 saturated carbocycles. The Morgan fingerprint density at radius 2 is 2.06 bits per heavy atom. The van der Waals surface area contributed by atoms with Crippen LogP contribution in [0.2, 0.25) is 0 Å². The Bertz CT molecular complexity index is 333. The average molecular weight is 261 g/mol. The van der Waals surface area contributed by atoms with Crippen LogP contribution in [0.25, 0.3) is 0 Å². The Morgan fingerprint density at radius 1 is 1.39 bits per heavy atom. The van der Waals surface area contributed by atoms with Crippen LogP contribution in [0.5, 0.6) is 0 Å². The molecule has 3 N–H and O–H groups in total. The van der Waals surface area contributed by atoms with Gasteiger partial charge in [-0.1, -0.05) is 0 Å². The van der Waals surface area contributed by atoms with Gasteiger partial charge in [0.1, 0.15) is 24.4 Å². The highest BCUT2D eigenvalue weighted by Gasteiger charge is 2.50. The van der Waals surface area contributed by atoms with Crippen molar-refractivity contribution in [3.8, 4) is 0 Å². The molecule has 0 aromatic heterocycles. The highest BCUT2D eigenvalue weighted by Crippen LogP contribution is 2.31. The zero-order valence-electron chi connectivity index (χ0n) is 10.6. The Balaban J connectivity index is 2.12. The number of amides is 1. The van der Waals surface area contributed by atoms with Gasteiger partial charge in [-0.15, -0.1) is 0 Å². The lowest BCUT2D eigenvalue weighted by Crippen LogP contribution is -2.67. The normalized spacial score (nSPS) is 43.1. The molecule has 0 bridgehead atoms. The van der Waals surface area contributed by atoms with Gasteiger partial charge in [0.15, 0.2) is 12.1 Å². The van der Waals surface area contributed by atoms with Crippen molar-refractivity contribution in [2.24, 2.45) is 0 Å². The predicted molar refractivity (Wildman–Crippen MR) is 59.4 cm³/mol. The summed E-state index contributed by atoms with van der Waals surface area (Å²) < 4.78 is 16.3. The first-order chi connectivity index (χ1) is 8.30. The van der Waals surface area contributed by atoms with Crippen LogP contribution >= 0.6 is 0 Å². The molecule has 0 aliphatic carbocycles. The van der Waals surface area contributed by atoms with E-state index in [1.807, 2.05) is 0 Å². The van der Waals surface area contributed by atoms with Gasteiger partial charge in [-0.3, -0.25) is 4.79 Å². The van der Waals surface area contributed by atoms with Gasteiger partial charge in [0.25, 0.3) is 0 Å². The molecule has 5 atom stereocenters. The topological polar surface area (TPSA) is 97.3 Å². The van der Waals surface area contributed by atoms with Crippen LogP contribution in [-0.2, 0) is 19.0 Å². The number of hydrogen-bond donors (Lipinski definition) is 3. The van der Waals surface area contributed by atoms with Crippen molar-refractivity contribution >= 4 is 5.91 Å². The maximum atomic E-state index is 11.0. The number of aliphatic hydroxyl groups is 2. The Kier molecular flexibility index (Phi) is 3.61. The highest BCUT2D eigenvalue weighted by molar-refractivity contribution is 5.73. The van der Waals surface area contributed by atoms with Crippen molar-refractivity contribution in [3.05, 3.63) is 0 Å². The lowest BCUT2D eigenvalue weighted by Gasteiger charge is -2.48. The number of rotatable bonds is 1. The third-order valence-electron chi connectivity index (χ3n) is 3.08. The van der Waals surface area contributed by atoms with Crippen LogP contribution in [0.3, 0.4) is 0 Å². The first-order valence-electron chi connectivity index (χ1n) is 5.90. The minimum atomic E-state index is -1.28. The van der Waals surface area contributed by atoms with E-state index in [0.29, 0.717) is 0 Å². The monoisotopic (exact) mass is 261 g/mol. The summed E-state index contributed by atoms with van der Waals surface area (Å²) in [6, 6.07) is -0.905. The van der Waals surface area contributed by atoms with Gasteiger partial charge < -0.3 is 29.7 Å². The minimum Gasteiger partial charge on any atom is -0.388 e. The molecule has 2 aliphatic heterocycles. The number of aliphatic hydroxyl groups excluding tert-OH is 2. The Labute approximate surface area is 105 Å². The largest absolute Gasteiger partial charge is 0.388 e. The summed E-state index contributed by atoms with van der Waals surface area (Å²) in [5, 5.41) is 22.4. The molecule has 0 spiro atoms. The molecule has 18 heavy (non-hydrogen) atoms. The smallest absolute Gasteiger partial charge is 0.217 e. The van der Waals surface area contributed by atoms with Crippen molar-refractivity contribution in [2.45, 2.75) is 57.2 Å². The molecular formula is C11H19NO6. The first kappa shape index (κ1) is 13.7. The molecule has 5 unspecified atom stereocenters. The molecule has 1 amide bonds. The van der Waals surface area contributed by atoms with Gasteiger partial charge in [-0.05, 0) is 13.8 Å². The molecule has 104 valence electrons. The number of nitrogens with one attached hydrogen (secondary N) is 1. The maximum Gasteiger partial charge on any atom is 0.217 e. The van der Waals surface area contributed by atoms with E-state index < -0.39 is 36.4 Å². The van der Waals surface area contributed by atoms with Gasteiger partial charge in [0.2, 0.25) is 5.91 Å². The number of fused-ring (bicyclic) bond motifs is 1. The van der Waals surface area contributed by atoms with Crippen molar-refractivity contribution in [3.63, 3.8) is 0 Å². The number of carbonyl (C=O) groups excluding carboxylic acids is 1. The molecule has 2 heterocycles. The van der Waals surface area contributed by atoms with Gasteiger partial charge in [-0.2, -0.15) is 0 Å². The predicted octanol–water partition coefficient (Wildman–Crippen LogP) is -1.28. The zero-order chi connectivity index (χ0) is 13.5. The lowest BCUT2D eigenvalue weighted by molar-refractivity contribution is -0.364. The molecule has 0 aromatic rings. The molecule has 7 heteroatoms. The molecule has 2 aliphatic rings. The van der Waals surface area contributed by atoms with Gasteiger partial charge in [0.05, 0.1) is 6.61 Å². The van der Waals surface area contributed by atoms with Gasteiger partial charge >= 0.3 is 0 Å². The first-order valence-corrected chi connectivity index (χ1v) is 5.90. The standard InChI is InChI=1S/C11H19NO6/c1-5(13)12-7-8(14)9-6(17-10(7)15)4-16-11(2,3)18-9/h6-10,14-15H,4H2,1-3H3,(H,12,13). The van der Waals surface area contributed by atoms with Crippen molar-refractivity contribution in [1.82, 2.24) is 5.32 Å². The lowest BCUT2D eigenvalue weighted by atomic mass is 9.95. The van der Waals surface area contributed by atoms with E-state index in [1.54, 1.807) is 13.8 Å². The summed E-state index contributed by atoms with van der Waals surface area (Å²) in [6.45, 7) is 4.99. The van der Waals surface area contributed by atoms with E-state index in [4.69, 9.17) is 14.2 Å². The quantitative estimate of drug-likeness (QED) is 0.544. The number of ether oxygens (including phenoxy) is 3. The summed E-state index contributed by atoms with van der Waals surface area (Å²) in [4.78, 5) is 11.0. The van der Waals surface area contributed by atoms with Crippen LogP contribution < -0.4 is 5.32 Å². The van der Waals surface area contributed by atoms with Crippen LogP contribution in [0.15, 0.2) is 0 Å². The molecule has 0 radical (unpaired) electrons. The van der Waals surface area contributed by atoms with Gasteiger partial charge in [-0.25, -0.2) is 0 Å². The summed E-state index contributed by atoms with van der Waals surface area (Å²) in [5.41, 5.74) is 0. The minimum absolute atomic E-state index is 0.221. The molecule has 7 nitrogen and oxygen atoms in total. The van der Waals surface area contributed by atoms with Gasteiger partial charge in [0, 0.05) is 6.92 Å². The average Bonchev–Trinajstić information content (AvgIpc) is 2.25. The van der Waals surface area contributed by atoms with Crippen molar-refractivity contribution < 1.29 is 29.2 Å². The molecule has 0 aromatic carbocycles. The number of hydrogen-bond acceptors (Lipinski definition) is 6. The zero-order valence-corrected chi connectivity index (χ0v) is 10.6. The molecule has 2 saturated heterocycles. The maximum absolute atomic E-state index is 11.0. The fourth-order valence-electron chi connectivity index (χ4n) is 2.25. The number of carbonyl (C=O) groups is 1. The van der Waals surface area contributed by atoms with E-state index in [0.717, 1.165) is 0 Å². The van der Waals surface area contributed by atoms with Crippen LogP contribution in [0.1, 0.15) is 20.8 Å². The van der Waals surface area contributed by atoms with Crippen LogP contribution in [0, 0.1) is 0 Å².